The first-order valence-electron chi connectivity index (χ1n) is 11.9. The van der Waals surface area contributed by atoms with Gasteiger partial charge in [0.05, 0.1) is 21.0 Å². The molecule has 0 saturated carbocycles. The highest BCUT2D eigenvalue weighted by Gasteiger charge is 2.36. The van der Waals surface area contributed by atoms with E-state index in [-0.39, 0.29) is 23.3 Å². The molecule has 3 heterocycles. The van der Waals surface area contributed by atoms with Crippen LogP contribution in [0.1, 0.15) is 24.0 Å². The zero-order chi connectivity index (χ0) is 24.7. The minimum absolute atomic E-state index is 0.0522. The van der Waals surface area contributed by atoms with Gasteiger partial charge in [-0.1, -0.05) is 29.0 Å². The predicted octanol–water partition coefficient (Wildman–Crippen LogP) is 4.32. The van der Waals surface area contributed by atoms with Crippen molar-refractivity contribution >= 4 is 54.2 Å². The number of piperidine rings is 1. The second-order valence-electron chi connectivity index (χ2n) is 9.39. The highest BCUT2D eigenvalue weighted by atomic mass is 35.5. The number of aromatic nitrogens is 1. The zero-order valence-corrected chi connectivity index (χ0v) is 22.3. The van der Waals surface area contributed by atoms with Crippen LogP contribution in [0.25, 0.3) is 10.2 Å². The van der Waals surface area contributed by atoms with Crippen molar-refractivity contribution in [1.82, 2.24) is 14.2 Å². The maximum Gasteiger partial charge on any atom is 0.243 e. The Morgan fingerprint density at radius 2 is 1.77 bits per heavy atom. The number of hydrogen-bond donors (Lipinski definition) is 0. The number of anilines is 1. The number of fused-ring (bicyclic) bond motifs is 1. The number of carbonyl (C=O) groups is 1. The van der Waals surface area contributed by atoms with Crippen molar-refractivity contribution in [1.29, 1.82) is 0 Å². The number of amides is 1. The summed E-state index contributed by atoms with van der Waals surface area (Å²) in [6.07, 6.45) is 1.38. The van der Waals surface area contributed by atoms with Gasteiger partial charge in [0.2, 0.25) is 15.9 Å². The van der Waals surface area contributed by atoms with Crippen molar-refractivity contribution < 1.29 is 13.2 Å². The third-order valence-corrected chi connectivity index (χ3v) is 10.3. The molecule has 3 aromatic rings. The van der Waals surface area contributed by atoms with Crippen molar-refractivity contribution in [3.63, 3.8) is 0 Å². The summed E-state index contributed by atoms with van der Waals surface area (Å²) >= 11 is 7.62. The van der Waals surface area contributed by atoms with Crippen LogP contribution in [0.3, 0.4) is 0 Å². The van der Waals surface area contributed by atoms with Gasteiger partial charge >= 0.3 is 0 Å². The molecule has 0 bridgehead atoms. The summed E-state index contributed by atoms with van der Waals surface area (Å²) in [6.45, 7) is 7.55. The van der Waals surface area contributed by atoms with Crippen LogP contribution in [0, 0.1) is 19.8 Å². The van der Waals surface area contributed by atoms with Gasteiger partial charge in [-0.2, -0.15) is 4.31 Å². The lowest BCUT2D eigenvalue weighted by molar-refractivity contribution is -0.137. The lowest BCUT2D eigenvalue weighted by Crippen LogP contribution is -2.53. The molecule has 2 aromatic carbocycles. The van der Waals surface area contributed by atoms with E-state index in [4.69, 9.17) is 16.6 Å². The molecule has 2 aliphatic heterocycles. The average molecular weight is 533 g/mol. The van der Waals surface area contributed by atoms with E-state index in [1.165, 1.54) is 32.3 Å². The maximum atomic E-state index is 13.3. The molecular weight excluding hydrogens is 504 g/mol. The van der Waals surface area contributed by atoms with Crippen LogP contribution in [-0.2, 0) is 14.8 Å². The molecule has 0 radical (unpaired) electrons. The van der Waals surface area contributed by atoms with Crippen LogP contribution >= 0.6 is 22.9 Å². The predicted molar refractivity (Wildman–Crippen MR) is 141 cm³/mol. The number of halogens is 1. The van der Waals surface area contributed by atoms with Gasteiger partial charge in [-0.15, -0.1) is 0 Å². The van der Waals surface area contributed by atoms with Crippen molar-refractivity contribution in [2.45, 2.75) is 31.6 Å². The summed E-state index contributed by atoms with van der Waals surface area (Å²) in [7, 11) is -3.65. The summed E-state index contributed by atoms with van der Waals surface area (Å²) in [5.41, 5.74) is 3.49. The lowest BCUT2D eigenvalue weighted by atomic mass is 9.98. The number of benzene rings is 2. The monoisotopic (exact) mass is 532 g/mol. The molecule has 7 nitrogen and oxygen atoms in total. The second-order valence-corrected chi connectivity index (χ2v) is 12.7. The fraction of sp³-hybridized carbons (Fsp3) is 0.440. The third kappa shape index (κ3) is 4.91. The first kappa shape index (κ1) is 24.5. The molecule has 1 atom stereocenters. The Kier molecular flexibility index (Phi) is 6.78. The van der Waals surface area contributed by atoms with Gasteiger partial charge < -0.3 is 9.80 Å². The Hall–Kier alpha value is -2.20. The number of sulfonamides is 1. The summed E-state index contributed by atoms with van der Waals surface area (Å²) in [4.78, 5) is 22.5. The van der Waals surface area contributed by atoms with Crippen molar-refractivity contribution in [3.05, 3.63) is 52.5 Å². The van der Waals surface area contributed by atoms with E-state index < -0.39 is 10.0 Å². The molecular formula is C25H29ClN4O3S2. The molecule has 2 saturated heterocycles. The largest absolute Gasteiger partial charge is 0.345 e. The quantitative estimate of drug-likeness (QED) is 0.500. The third-order valence-electron chi connectivity index (χ3n) is 6.86. The first-order chi connectivity index (χ1) is 16.7. The van der Waals surface area contributed by atoms with Gasteiger partial charge in [0.15, 0.2) is 5.13 Å². The Labute approximate surface area is 215 Å². The standard InChI is InChI=1S/C25H29ClN4O3S2/c1-17-14-18(2)23-22(15-17)27-25(34-23)29-12-10-28(11-13-29)24(31)19-4-3-9-30(16-19)35(32,33)21-7-5-20(26)6-8-21/h5-8,14-15,19H,3-4,9-13,16H2,1-2H3. The Balaban J connectivity index is 1.23. The number of aryl methyl sites for hydroxylation is 2. The minimum atomic E-state index is -3.65. The van der Waals surface area contributed by atoms with Gasteiger partial charge in [-0.25, -0.2) is 13.4 Å². The Morgan fingerprint density at radius 1 is 1.06 bits per heavy atom. The van der Waals surface area contributed by atoms with Crippen LogP contribution < -0.4 is 4.90 Å². The number of carbonyl (C=O) groups excluding carboxylic acids is 1. The highest BCUT2D eigenvalue weighted by molar-refractivity contribution is 7.89. The SMILES string of the molecule is Cc1cc(C)c2sc(N3CCN(C(=O)C4CCCN(S(=O)(=O)c5ccc(Cl)cc5)C4)CC3)nc2c1. The van der Waals surface area contributed by atoms with Gasteiger partial charge in [0.25, 0.3) is 0 Å². The molecule has 0 N–H and O–H groups in total. The van der Waals surface area contributed by atoms with Crippen LogP contribution in [0.4, 0.5) is 5.13 Å². The maximum absolute atomic E-state index is 13.3. The first-order valence-corrected chi connectivity index (χ1v) is 14.5. The van der Waals surface area contributed by atoms with Gasteiger partial charge in [-0.05, 0) is 68.1 Å². The molecule has 5 rings (SSSR count). The number of thiazole rings is 1. The van der Waals surface area contributed by atoms with E-state index in [1.807, 2.05) is 4.90 Å². The molecule has 1 amide bonds. The average Bonchev–Trinajstić information content (AvgIpc) is 3.28. The van der Waals surface area contributed by atoms with Gasteiger partial charge in [0, 0.05) is 44.3 Å². The van der Waals surface area contributed by atoms with Crippen LogP contribution in [0.5, 0.6) is 0 Å². The molecule has 2 aliphatic rings. The number of rotatable bonds is 4. The summed E-state index contributed by atoms with van der Waals surface area (Å²) < 4.78 is 28.9. The van der Waals surface area contributed by atoms with Crippen LogP contribution in [0.15, 0.2) is 41.3 Å². The Morgan fingerprint density at radius 3 is 2.49 bits per heavy atom. The zero-order valence-electron chi connectivity index (χ0n) is 19.9. The normalized spacial score (nSPS) is 19.9. The molecule has 10 heteroatoms. The summed E-state index contributed by atoms with van der Waals surface area (Å²) in [6, 6.07) is 10.5. The van der Waals surface area contributed by atoms with E-state index in [2.05, 4.69) is 30.9 Å². The van der Waals surface area contributed by atoms with Crippen LogP contribution in [0.2, 0.25) is 5.02 Å². The lowest BCUT2D eigenvalue weighted by Gasteiger charge is -2.38. The van der Waals surface area contributed by atoms with E-state index in [0.717, 1.165) is 23.7 Å². The van der Waals surface area contributed by atoms with E-state index >= 15 is 0 Å². The van der Waals surface area contributed by atoms with Crippen molar-refractivity contribution in [2.24, 2.45) is 5.92 Å². The van der Waals surface area contributed by atoms with Gasteiger partial charge in [0.1, 0.15) is 0 Å². The Bertz CT molecular complexity index is 1350. The molecule has 186 valence electrons. The fourth-order valence-corrected chi connectivity index (χ4v) is 7.71. The highest BCUT2D eigenvalue weighted by Crippen LogP contribution is 2.33. The molecule has 1 unspecified atom stereocenters. The second kappa shape index (κ2) is 9.69. The summed E-state index contributed by atoms with van der Waals surface area (Å²) in [5.74, 6) is -0.262. The number of hydrogen-bond acceptors (Lipinski definition) is 6. The van der Waals surface area contributed by atoms with Crippen molar-refractivity contribution in [2.75, 3.05) is 44.2 Å². The molecule has 35 heavy (non-hydrogen) atoms. The molecule has 1 aromatic heterocycles. The fourth-order valence-electron chi connectivity index (χ4n) is 4.99. The topological polar surface area (TPSA) is 73.8 Å². The molecule has 0 aliphatic carbocycles. The van der Waals surface area contributed by atoms with E-state index in [1.54, 1.807) is 23.5 Å². The molecule has 2 fully saturated rings. The minimum Gasteiger partial charge on any atom is -0.345 e. The van der Waals surface area contributed by atoms with Crippen molar-refractivity contribution in [3.8, 4) is 0 Å². The van der Waals surface area contributed by atoms with E-state index in [9.17, 15) is 13.2 Å². The van der Waals surface area contributed by atoms with Gasteiger partial charge in [-0.3, -0.25) is 4.79 Å². The van der Waals surface area contributed by atoms with E-state index in [0.29, 0.717) is 37.5 Å². The summed E-state index contributed by atoms with van der Waals surface area (Å²) in [5, 5.41) is 1.49. The van der Waals surface area contributed by atoms with Crippen LogP contribution in [-0.4, -0.2) is 67.8 Å². The number of piperazine rings is 1. The number of nitrogens with zero attached hydrogens (tertiary/aromatic N) is 4. The molecule has 0 spiro atoms. The smallest absolute Gasteiger partial charge is 0.243 e.